The summed E-state index contributed by atoms with van der Waals surface area (Å²) in [5.74, 6) is -3.47. The minimum atomic E-state index is -1.11. The zero-order valence-electron chi connectivity index (χ0n) is 14.8. The molecule has 1 aromatic heterocycles. The van der Waals surface area contributed by atoms with Gasteiger partial charge in [0.15, 0.2) is 17.7 Å². The van der Waals surface area contributed by atoms with Gasteiger partial charge in [0.05, 0.1) is 5.69 Å². The fourth-order valence-electron chi connectivity index (χ4n) is 2.27. The molecule has 0 fully saturated rings. The van der Waals surface area contributed by atoms with Gasteiger partial charge in [0.25, 0.3) is 5.91 Å². The molecule has 6 nitrogen and oxygen atoms in total. The normalized spacial score (nSPS) is 12.2. The fourth-order valence-corrected chi connectivity index (χ4v) is 2.27. The Hall–Kier alpha value is -3.03. The van der Waals surface area contributed by atoms with E-state index >= 15 is 0 Å². The maximum Gasteiger partial charge on any atom is 0.331 e. The summed E-state index contributed by atoms with van der Waals surface area (Å²) in [6.07, 6.45) is 1.66. The van der Waals surface area contributed by atoms with Gasteiger partial charge in [0, 0.05) is 36.1 Å². The Bertz CT molecular complexity index is 875. The lowest BCUT2D eigenvalue weighted by Crippen LogP contribution is -2.29. The Morgan fingerprint density at radius 2 is 1.96 bits per heavy atom. The standard InChI is InChI=1S/C18H19F2N3O3/c1-10-14(11(2)23(4)22-10)6-8-17(24)26-12(3)18(25)21-13-5-7-15(19)16(20)9-13/h5-9,12H,1-4H3,(H,21,25)/b8-6+/t12-/m0/s1. The van der Waals surface area contributed by atoms with E-state index in [1.165, 1.54) is 19.1 Å². The SMILES string of the molecule is Cc1nn(C)c(C)c1/C=C/C(=O)O[C@@H](C)C(=O)Nc1ccc(F)c(F)c1. The number of rotatable bonds is 5. The molecular weight excluding hydrogens is 344 g/mol. The van der Waals surface area contributed by atoms with E-state index in [0.29, 0.717) is 0 Å². The first-order chi connectivity index (χ1) is 12.2. The predicted molar refractivity (Wildman–Crippen MR) is 92.3 cm³/mol. The number of ether oxygens (including phenoxy) is 1. The van der Waals surface area contributed by atoms with Crippen LogP contribution in [0.2, 0.25) is 0 Å². The Kier molecular flexibility index (Phi) is 5.86. The summed E-state index contributed by atoms with van der Waals surface area (Å²) in [5, 5.41) is 6.58. The van der Waals surface area contributed by atoms with Crippen molar-refractivity contribution in [1.82, 2.24) is 9.78 Å². The van der Waals surface area contributed by atoms with Gasteiger partial charge in [0.2, 0.25) is 0 Å². The van der Waals surface area contributed by atoms with E-state index in [1.54, 1.807) is 17.8 Å². The van der Waals surface area contributed by atoms with Crippen molar-refractivity contribution in [2.75, 3.05) is 5.32 Å². The third-order valence-electron chi connectivity index (χ3n) is 3.80. The molecule has 0 aliphatic heterocycles. The van der Waals surface area contributed by atoms with Crippen LogP contribution in [0.1, 0.15) is 23.9 Å². The van der Waals surface area contributed by atoms with Gasteiger partial charge >= 0.3 is 5.97 Å². The second-order valence-electron chi connectivity index (χ2n) is 5.74. The Morgan fingerprint density at radius 3 is 2.54 bits per heavy atom. The molecule has 8 heteroatoms. The summed E-state index contributed by atoms with van der Waals surface area (Å²) >= 11 is 0. The first-order valence-electron chi connectivity index (χ1n) is 7.84. The quantitative estimate of drug-likeness (QED) is 0.655. The van der Waals surface area contributed by atoms with Crippen molar-refractivity contribution in [3.05, 3.63) is 52.9 Å². The number of amides is 1. The summed E-state index contributed by atoms with van der Waals surface area (Å²) in [7, 11) is 1.79. The number of nitrogens with zero attached hydrogens (tertiary/aromatic N) is 2. The van der Waals surface area contributed by atoms with Crippen LogP contribution in [0.15, 0.2) is 24.3 Å². The van der Waals surface area contributed by atoms with E-state index in [0.717, 1.165) is 29.1 Å². The van der Waals surface area contributed by atoms with Crippen LogP contribution in [-0.4, -0.2) is 27.8 Å². The van der Waals surface area contributed by atoms with E-state index in [2.05, 4.69) is 10.4 Å². The Balaban J connectivity index is 1.96. The van der Waals surface area contributed by atoms with Gasteiger partial charge in [-0.05, 0) is 39.0 Å². The number of esters is 1. The summed E-state index contributed by atoms with van der Waals surface area (Å²) in [6, 6.07) is 2.94. The van der Waals surface area contributed by atoms with Crippen LogP contribution < -0.4 is 5.32 Å². The van der Waals surface area contributed by atoms with E-state index in [1.807, 2.05) is 13.8 Å². The zero-order chi connectivity index (χ0) is 19.4. The molecule has 0 aliphatic carbocycles. The van der Waals surface area contributed by atoms with Crippen LogP contribution in [0.25, 0.3) is 6.08 Å². The van der Waals surface area contributed by atoms with Crippen molar-refractivity contribution in [2.45, 2.75) is 26.9 Å². The highest BCUT2D eigenvalue weighted by atomic mass is 19.2. The smallest absolute Gasteiger partial charge is 0.331 e. The van der Waals surface area contributed by atoms with E-state index in [-0.39, 0.29) is 5.69 Å². The van der Waals surface area contributed by atoms with Crippen LogP contribution in [0, 0.1) is 25.5 Å². The third kappa shape index (κ3) is 4.53. The highest BCUT2D eigenvalue weighted by Gasteiger charge is 2.17. The largest absolute Gasteiger partial charge is 0.449 e. The van der Waals surface area contributed by atoms with E-state index < -0.39 is 29.6 Å². The molecule has 1 heterocycles. The molecule has 1 aromatic carbocycles. The lowest BCUT2D eigenvalue weighted by atomic mass is 10.2. The maximum atomic E-state index is 13.1. The molecule has 0 aliphatic rings. The number of carbonyl (C=O) groups is 2. The molecule has 1 N–H and O–H groups in total. The number of aromatic nitrogens is 2. The molecule has 0 spiro atoms. The zero-order valence-corrected chi connectivity index (χ0v) is 14.8. The molecule has 1 amide bonds. The molecule has 0 saturated heterocycles. The topological polar surface area (TPSA) is 73.2 Å². The second-order valence-corrected chi connectivity index (χ2v) is 5.74. The molecule has 0 radical (unpaired) electrons. The van der Waals surface area contributed by atoms with Gasteiger partial charge < -0.3 is 10.1 Å². The first kappa shape index (κ1) is 19.3. The summed E-state index contributed by atoms with van der Waals surface area (Å²) in [6.45, 7) is 5.06. The van der Waals surface area contributed by atoms with E-state index in [9.17, 15) is 18.4 Å². The molecule has 2 aromatic rings. The molecule has 0 bridgehead atoms. The fraction of sp³-hybridized carbons (Fsp3) is 0.278. The van der Waals surface area contributed by atoms with Crippen LogP contribution >= 0.6 is 0 Å². The number of halogens is 2. The highest BCUT2D eigenvalue weighted by Crippen LogP contribution is 2.15. The van der Waals surface area contributed by atoms with Gasteiger partial charge in [-0.3, -0.25) is 9.48 Å². The molecular formula is C18H19F2N3O3. The number of anilines is 1. The molecule has 138 valence electrons. The lowest BCUT2D eigenvalue weighted by molar-refractivity contribution is -0.148. The van der Waals surface area contributed by atoms with Crippen LogP contribution in [0.3, 0.4) is 0 Å². The average Bonchev–Trinajstić information content (AvgIpc) is 2.81. The molecule has 0 unspecified atom stereocenters. The number of hydrogen-bond acceptors (Lipinski definition) is 4. The molecule has 26 heavy (non-hydrogen) atoms. The van der Waals surface area contributed by atoms with Gasteiger partial charge in [-0.15, -0.1) is 0 Å². The summed E-state index contributed by atoms with van der Waals surface area (Å²) in [4.78, 5) is 23.9. The highest BCUT2D eigenvalue weighted by molar-refractivity contribution is 5.96. The van der Waals surface area contributed by atoms with Crippen molar-refractivity contribution in [2.24, 2.45) is 7.05 Å². The monoisotopic (exact) mass is 363 g/mol. The van der Waals surface area contributed by atoms with Crippen LogP contribution in [0.5, 0.6) is 0 Å². The van der Waals surface area contributed by atoms with Crippen molar-refractivity contribution in [3.8, 4) is 0 Å². The predicted octanol–water partition coefficient (Wildman–Crippen LogP) is 2.90. The van der Waals surface area contributed by atoms with Crippen molar-refractivity contribution < 1.29 is 23.1 Å². The molecule has 1 atom stereocenters. The van der Waals surface area contributed by atoms with Crippen molar-refractivity contribution >= 4 is 23.6 Å². The number of carbonyl (C=O) groups excluding carboxylic acids is 2. The summed E-state index contributed by atoms with van der Waals surface area (Å²) < 4.78 is 32.7. The minimum Gasteiger partial charge on any atom is -0.449 e. The number of aryl methyl sites for hydroxylation is 2. The Morgan fingerprint density at radius 1 is 1.27 bits per heavy atom. The van der Waals surface area contributed by atoms with E-state index in [4.69, 9.17) is 4.74 Å². The third-order valence-corrected chi connectivity index (χ3v) is 3.80. The average molecular weight is 363 g/mol. The maximum absolute atomic E-state index is 13.1. The number of benzene rings is 1. The first-order valence-corrected chi connectivity index (χ1v) is 7.84. The summed E-state index contributed by atoms with van der Waals surface area (Å²) in [5.41, 5.74) is 2.51. The molecule has 0 saturated carbocycles. The Labute approximate surface area is 149 Å². The van der Waals surface area contributed by atoms with Crippen molar-refractivity contribution in [3.63, 3.8) is 0 Å². The van der Waals surface area contributed by atoms with Crippen molar-refractivity contribution in [1.29, 1.82) is 0 Å². The van der Waals surface area contributed by atoms with Gasteiger partial charge in [-0.2, -0.15) is 5.10 Å². The minimum absolute atomic E-state index is 0.0638. The van der Waals surface area contributed by atoms with Crippen LogP contribution in [-0.2, 0) is 21.4 Å². The number of nitrogens with one attached hydrogen (secondary N) is 1. The van der Waals surface area contributed by atoms with Gasteiger partial charge in [-0.1, -0.05) is 0 Å². The lowest BCUT2D eigenvalue weighted by Gasteiger charge is -2.12. The van der Waals surface area contributed by atoms with Gasteiger partial charge in [-0.25, -0.2) is 13.6 Å². The number of hydrogen-bond donors (Lipinski definition) is 1. The van der Waals surface area contributed by atoms with Gasteiger partial charge in [0.1, 0.15) is 0 Å². The van der Waals surface area contributed by atoms with Crippen LogP contribution in [0.4, 0.5) is 14.5 Å². The second kappa shape index (κ2) is 7.90. The molecule has 2 rings (SSSR count).